The van der Waals surface area contributed by atoms with E-state index in [1.165, 1.54) is 0 Å². The second-order valence-electron chi connectivity index (χ2n) is 6.74. The third-order valence-corrected chi connectivity index (χ3v) is 4.15. The number of ether oxygens (including phenoxy) is 2. The van der Waals surface area contributed by atoms with Crippen LogP contribution in [0.5, 0.6) is 0 Å². The van der Waals surface area contributed by atoms with E-state index in [0.29, 0.717) is 0 Å². The van der Waals surface area contributed by atoms with Gasteiger partial charge in [-0.2, -0.15) is 0 Å². The number of hydrogen-bond acceptors (Lipinski definition) is 10. The third-order valence-electron chi connectivity index (χ3n) is 4.15. The van der Waals surface area contributed by atoms with Gasteiger partial charge < -0.3 is 50.3 Å². The van der Waals surface area contributed by atoms with E-state index < -0.39 is 68.3 Å². The second kappa shape index (κ2) is 10.1. The molecule has 8 N–H and O–H groups in total. The lowest BCUT2D eigenvalue weighted by atomic mass is 9.95. The van der Waals surface area contributed by atoms with E-state index in [4.69, 9.17) is 19.7 Å². The van der Waals surface area contributed by atoms with Crippen molar-refractivity contribution in [1.29, 1.82) is 0 Å². The predicted octanol–water partition coefficient (Wildman–Crippen LogP) is -3.71. The van der Waals surface area contributed by atoms with Crippen molar-refractivity contribution in [2.75, 3.05) is 13.2 Å². The fourth-order valence-corrected chi connectivity index (χ4v) is 2.68. The van der Waals surface area contributed by atoms with E-state index in [9.17, 15) is 30.6 Å². The highest BCUT2D eigenvalue weighted by atomic mass is 16.7. The molecule has 1 heterocycles. The zero-order valence-corrected chi connectivity index (χ0v) is 14.3. The number of rotatable bonds is 9. The predicted molar refractivity (Wildman–Crippen MR) is 83.2 cm³/mol. The molecule has 0 amide bonds. The Morgan fingerprint density at radius 3 is 2.00 bits per heavy atom. The van der Waals surface area contributed by atoms with Gasteiger partial charge in [0.15, 0.2) is 6.29 Å². The molecule has 0 aromatic heterocycles. The molecule has 0 aliphatic carbocycles. The van der Waals surface area contributed by atoms with Crippen LogP contribution in [-0.2, 0) is 9.47 Å². The quantitative estimate of drug-likeness (QED) is 0.201. The van der Waals surface area contributed by atoms with Gasteiger partial charge in [-0.3, -0.25) is 0 Å². The van der Waals surface area contributed by atoms with Gasteiger partial charge in [-0.1, -0.05) is 13.8 Å². The van der Waals surface area contributed by atoms with E-state index in [1.54, 1.807) is 0 Å². The van der Waals surface area contributed by atoms with E-state index >= 15 is 0 Å². The van der Waals surface area contributed by atoms with Gasteiger partial charge >= 0.3 is 0 Å². The van der Waals surface area contributed by atoms with Crippen molar-refractivity contribution in [2.45, 2.75) is 75.4 Å². The average molecular weight is 370 g/mol. The second-order valence-corrected chi connectivity index (χ2v) is 6.74. The van der Waals surface area contributed by atoms with Crippen LogP contribution in [0.25, 0.3) is 0 Å². The van der Waals surface area contributed by atoms with Gasteiger partial charge in [-0.25, -0.2) is 0 Å². The molecule has 10 heteroatoms. The summed E-state index contributed by atoms with van der Waals surface area (Å²) in [4.78, 5) is 0. The Morgan fingerprint density at radius 1 is 0.920 bits per heavy atom. The summed E-state index contributed by atoms with van der Waals surface area (Å²) < 4.78 is 10.4. The van der Waals surface area contributed by atoms with Crippen molar-refractivity contribution in [3.05, 3.63) is 0 Å². The summed E-state index contributed by atoms with van der Waals surface area (Å²) in [6.07, 6.45) is -13.7. The first-order valence-electron chi connectivity index (χ1n) is 8.25. The van der Waals surface area contributed by atoms with Gasteiger partial charge in [-0.15, -0.1) is 0 Å². The fraction of sp³-hybridized carbons (Fsp3) is 1.00. The van der Waals surface area contributed by atoms with Crippen molar-refractivity contribution < 1.29 is 50.3 Å². The molecule has 1 rings (SSSR count). The molecular formula is C15H30O10. The summed E-state index contributed by atoms with van der Waals surface area (Å²) in [6, 6.07) is 0. The first-order chi connectivity index (χ1) is 11.6. The maximum absolute atomic E-state index is 10.2. The summed E-state index contributed by atoms with van der Waals surface area (Å²) in [5, 5.41) is 77.9. The topological polar surface area (TPSA) is 180 Å². The van der Waals surface area contributed by atoms with Gasteiger partial charge in [0.1, 0.15) is 42.7 Å². The molecule has 0 aromatic carbocycles. The van der Waals surface area contributed by atoms with Crippen LogP contribution >= 0.6 is 0 Å². The van der Waals surface area contributed by atoms with Crippen molar-refractivity contribution in [2.24, 2.45) is 5.92 Å². The highest BCUT2D eigenvalue weighted by Crippen LogP contribution is 2.25. The first-order valence-corrected chi connectivity index (χ1v) is 8.25. The smallest absolute Gasteiger partial charge is 0.187 e. The van der Waals surface area contributed by atoms with E-state index in [1.807, 2.05) is 13.8 Å². The number of aliphatic hydroxyl groups excluding tert-OH is 8. The van der Waals surface area contributed by atoms with Crippen LogP contribution in [0, 0.1) is 5.92 Å². The third kappa shape index (κ3) is 5.79. The van der Waals surface area contributed by atoms with Crippen LogP contribution in [-0.4, -0.2) is 109 Å². The maximum Gasteiger partial charge on any atom is 0.187 e. The number of aliphatic hydroxyl groups is 8. The molecule has 150 valence electrons. The Labute approximate surface area is 145 Å². The monoisotopic (exact) mass is 370 g/mol. The van der Waals surface area contributed by atoms with Gasteiger partial charge in [0.25, 0.3) is 0 Å². The van der Waals surface area contributed by atoms with E-state index in [-0.39, 0.29) is 12.3 Å². The van der Waals surface area contributed by atoms with Gasteiger partial charge in [0, 0.05) is 0 Å². The van der Waals surface area contributed by atoms with Crippen molar-refractivity contribution >= 4 is 0 Å². The van der Waals surface area contributed by atoms with Gasteiger partial charge in [0.2, 0.25) is 0 Å². The first kappa shape index (κ1) is 22.6. The van der Waals surface area contributed by atoms with Crippen LogP contribution < -0.4 is 0 Å². The minimum atomic E-state index is -1.74. The lowest BCUT2D eigenvalue weighted by Crippen LogP contribution is -2.61. The Kier molecular flexibility index (Phi) is 9.12. The summed E-state index contributed by atoms with van der Waals surface area (Å²) in [6.45, 7) is 2.15. The normalized spacial score (nSPS) is 35.4. The molecule has 1 aliphatic heterocycles. The molecule has 0 saturated carbocycles. The van der Waals surface area contributed by atoms with Crippen LogP contribution in [0.1, 0.15) is 20.3 Å². The molecule has 4 unspecified atom stereocenters. The molecule has 9 atom stereocenters. The van der Waals surface area contributed by atoms with Crippen molar-refractivity contribution in [1.82, 2.24) is 0 Å². The summed E-state index contributed by atoms with van der Waals surface area (Å²) in [7, 11) is 0. The SMILES string of the molecule is CC(C)CC(O)[C@@H](O)[C@H](O[C@@H]1OC(CO)[C@@H](O)[C@H](O)C1O)C(O)CO. The summed E-state index contributed by atoms with van der Waals surface area (Å²) in [5.41, 5.74) is 0. The molecular weight excluding hydrogens is 340 g/mol. The lowest BCUT2D eigenvalue weighted by molar-refractivity contribution is -0.327. The molecule has 1 aliphatic rings. The number of hydrogen-bond donors (Lipinski definition) is 8. The maximum atomic E-state index is 10.2. The van der Waals surface area contributed by atoms with Crippen molar-refractivity contribution in [3.8, 4) is 0 Å². The minimum Gasteiger partial charge on any atom is -0.394 e. The van der Waals surface area contributed by atoms with Crippen LogP contribution in [0.15, 0.2) is 0 Å². The van der Waals surface area contributed by atoms with Gasteiger partial charge in [-0.05, 0) is 12.3 Å². The molecule has 25 heavy (non-hydrogen) atoms. The minimum absolute atomic E-state index is 0.0313. The van der Waals surface area contributed by atoms with Crippen LogP contribution in [0.4, 0.5) is 0 Å². The van der Waals surface area contributed by atoms with Crippen molar-refractivity contribution in [3.63, 3.8) is 0 Å². The van der Waals surface area contributed by atoms with E-state index in [0.717, 1.165) is 0 Å². The Morgan fingerprint density at radius 2 is 1.52 bits per heavy atom. The average Bonchev–Trinajstić information content (AvgIpc) is 2.57. The zero-order valence-electron chi connectivity index (χ0n) is 14.3. The molecule has 0 aromatic rings. The molecule has 10 nitrogen and oxygen atoms in total. The fourth-order valence-electron chi connectivity index (χ4n) is 2.68. The van der Waals surface area contributed by atoms with Gasteiger partial charge in [0.05, 0.1) is 19.3 Å². The Hall–Kier alpha value is -0.400. The summed E-state index contributed by atoms with van der Waals surface area (Å²) >= 11 is 0. The van der Waals surface area contributed by atoms with Crippen LogP contribution in [0.2, 0.25) is 0 Å². The molecule has 0 bridgehead atoms. The standard InChI is InChI=1S/C15H30O10/c1-6(2)3-7(18)10(20)14(8(19)4-16)25-15-13(23)12(22)11(21)9(5-17)24-15/h6-23H,3-5H2,1-2H3/t7?,8?,9?,10-,11-,12+,13?,14-,15+/m1/s1. The zero-order chi connectivity index (χ0) is 19.3. The highest BCUT2D eigenvalue weighted by Gasteiger charge is 2.46. The summed E-state index contributed by atoms with van der Waals surface area (Å²) in [5.74, 6) is 0.0313. The lowest BCUT2D eigenvalue weighted by Gasteiger charge is -2.42. The van der Waals surface area contributed by atoms with Crippen LogP contribution in [0.3, 0.4) is 0 Å². The molecule has 0 spiro atoms. The largest absolute Gasteiger partial charge is 0.394 e. The molecule has 1 fully saturated rings. The highest BCUT2D eigenvalue weighted by molar-refractivity contribution is 4.91. The molecule has 0 radical (unpaired) electrons. The molecule has 1 saturated heterocycles. The Balaban J connectivity index is 2.90. The van der Waals surface area contributed by atoms with E-state index in [2.05, 4.69) is 0 Å². The Bertz CT molecular complexity index is 379.